The van der Waals surface area contributed by atoms with E-state index in [0.29, 0.717) is 0 Å². The van der Waals surface area contributed by atoms with E-state index in [9.17, 15) is 0 Å². The van der Waals surface area contributed by atoms with Crippen molar-refractivity contribution in [3.05, 3.63) is 29.3 Å². The number of hydrogen-bond acceptors (Lipinski definition) is 3. The molecule has 2 N–H and O–H groups in total. The predicted molar refractivity (Wildman–Crippen MR) is 70.5 cm³/mol. The molecule has 0 aliphatic rings. The maximum Gasteiger partial charge on any atom is 0.122 e. The van der Waals surface area contributed by atoms with Crippen molar-refractivity contribution in [3.63, 3.8) is 0 Å². The predicted octanol–water partition coefficient (Wildman–Crippen LogP) is 2.16. The van der Waals surface area contributed by atoms with Crippen molar-refractivity contribution in [1.82, 2.24) is 0 Å². The lowest BCUT2D eigenvalue weighted by atomic mass is 10.0. The van der Waals surface area contributed by atoms with Gasteiger partial charge in [0.15, 0.2) is 0 Å². The quantitative estimate of drug-likeness (QED) is 0.790. The molecule has 3 nitrogen and oxygen atoms in total. The van der Waals surface area contributed by atoms with Gasteiger partial charge in [-0.05, 0) is 36.5 Å². The van der Waals surface area contributed by atoms with Gasteiger partial charge in [-0.1, -0.05) is 19.1 Å². The summed E-state index contributed by atoms with van der Waals surface area (Å²) in [6.45, 7) is 2.84. The zero-order valence-electron chi connectivity index (χ0n) is 11.0. The van der Waals surface area contributed by atoms with E-state index in [4.69, 9.17) is 15.2 Å². The number of methoxy groups -OCH3 is 2. The Hall–Kier alpha value is -1.06. The molecule has 0 spiro atoms. The molecule has 0 aliphatic carbocycles. The molecule has 0 saturated carbocycles. The van der Waals surface area contributed by atoms with Gasteiger partial charge in [-0.3, -0.25) is 0 Å². The Morgan fingerprint density at radius 2 is 2.06 bits per heavy atom. The third-order valence-corrected chi connectivity index (χ3v) is 2.95. The Morgan fingerprint density at radius 1 is 1.29 bits per heavy atom. The standard InChI is InChI=1S/C14H23NO2/c1-4-13(15)10-12-9-11(7-8-16-2)5-6-14(12)17-3/h5-6,9,13H,4,7-8,10,15H2,1-3H3. The van der Waals surface area contributed by atoms with Crippen LogP contribution in [-0.4, -0.2) is 26.9 Å². The van der Waals surface area contributed by atoms with Crippen LogP contribution >= 0.6 is 0 Å². The van der Waals surface area contributed by atoms with Crippen LogP contribution in [0.2, 0.25) is 0 Å². The third kappa shape index (κ3) is 4.36. The number of hydrogen-bond donors (Lipinski definition) is 1. The van der Waals surface area contributed by atoms with Gasteiger partial charge < -0.3 is 15.2 Å². The Balaban J connectivity index is 2.82. The normalized spacial score (nSPS) is 12.5. The van der Waals surface area contributed by atoms with Crippen molar-refractivity contribution in [3.8, 4) is 5.75 Å². The highest BCUT2D eigenvalue weighted by Gasteiger charge is 2.08. The van der Waals surface area contributed by atoms with Crippen LogP contribution in [0.25, 0.3) is 0 Å². The Morgan fingerprint density at radius 3 is 2.65 bits per heavy atom. The van der Waals surface area contributed by atoms with E-state index in [1.54, 1.807) is 14.2 Å². The highest BCUT2D eigenvalue weighted by molar-refractivity contribution is 5.38. The first kappa shape index (κ1) is 14.0. The summed E-state index contributed by atoms with van der Waals surface area (Å²) in [6, 6.07) is 6.47. The average Bonchev–Trinajstić information content (AvgIpc) is 2.36. The molecule has 0 fully saturated rings. The van der Waals surface area contributed by atoms with Crippen LogP contribution < -0.4 is 10.5 Å². The lowest BCUT2D eigenvalue weighted by molar-refractivity contribution is 0.202. The molecule has 1 aromatic rings. The fraction of sp³-hybridized carbons (Fsp3) is 0.571. The van der Waals surface area contributed by atoms with Gasteiger partial charge in [0.1, 0.15) is 5.75 Å². The minimum atomic E-state index is 0.196. The molecule has 0 heterocycles. The molecule has 0 aliphatic heterocycles. The molecule has 0 aromatic heterocycles. The first-order valence-electron chi connectivity index (χ1n) is 6.11. The van der Waals surface area contributed by atoms with Gasteiger partial charge in [-0.2, -0.15) is 0 Å². The number of ether oxygens (including phenoxy) is 2. The molecular weight excluding hydrogens is 214 g/mol. The molecule has 0 radical (unpaired) electrons. The maximum atomic E-state index is 6.00. The monoisotopic (exact) mass is 237 g/mol. The van der Waals surface area contributed by atoms with Crippen molar-refractivity contribution in [2.75, 3.05) is 20.8 Å². The zero-order chi connectivity index (χ0) is 12.7. The SMILES string of the molecule is CCC(N)Cc1cc(CCOC)ccc1OC. The minimum absolute atomic E-state index is 0.196. The third-order valence-electron chi connectivity index (χ3n) is 2.95. The number of rotatable bonds is 7. The highest BCUT2D eigenvalue weighted by atomic mass is 16.5. The Bertz CT molecular complexity index is 339. The summed E-state index contributed by atoms with van der Waals surface area (Å²) in [6.07, 6.45) is 2.76. The molecule has 17 heavy (non-hydrogen) atoms. The second-order valence-corrected chi connectivity index (χ2v) is 4.26. The van der Waals surface area contributed by atoms with E-state index in [1.807, 2.05) is 6.07 Å². The summed E-state index contributed by atoms with van der Waals surface area (Å²) in [7, 11) is 3.42. The molecule has 96 valence electrons. The first-order chi connectivity index (χ1) is 8.21. The summed E-state index contributed by atoms with van der Waals surface area (Å²) in [5.74, 6) is 0.926. The topological polar surface area (TPSA) is 44.5 Å². The smallest absolute Gasteiger partial charge is 0.122 e. The van der Waals surface area contributed by atoms with Crippen LogP contribution in [0.5, 0.6) is 5.75 Å². The first-order valence-corrected chi connectivity index (χ1v) is 6.11. The van der Waals surface area contributed by atoms with Crippen LogP contribution in [0, 0.1) is 0 Å². The summed E-state index contributed by atoms with van der Waals surface area (Å²) in [5, 5.41) is 0. The maximum absolute atomic E-state index is 6.00. The highest BCUT2D eigenvalue weighted by Crippen LogP contribution is 2.22. The van der Waals surface area contributed by atoms with Crippen LogP contribution in [-0.2, 0) is 17.6 Å². The minimum Gasteiger partial charge on any atom is -0.496 e. The van der Waals surface area contributed by atoms with Crippen molar-refractivity contribution >= 4 is 0 Å². The summed E-state index contributed by atoms with van der Waals surface area (Å²) in [4.78, 5) is 0. The number of nitrogens with two attached hydrogens (primary N) is 1. The van der Waals surface area contributed by atoms with Crippen LogP contribution in [0.4, 0.5) is 0 Å². The van der Waals surface area contributed by atoms with Crippen molar-refractivity contribution in [2.24, 2.45) is 5.73 Å². The van der Waals surface area contributed by atoms with E-state index < -0.39 is 0 Å². The molecule has 3 heteroatoms. The zero-order valence-corrected chi connectivity index (χ0v) is 11.0. The van der Waals surface area contributed by atoms with Gasteiger partial charge >= 0.3 is 0 Å². The van der Waals surface area contributed by atoms with Crippen LogP contribution in [0.3, 0.4) is 0 Å². The van der Waals surface area contributed by atoms with E-state index in [2.05, 4.69) is 19.1 Å². The van der Waals surface area contributed by atoms with E-state index in [0.717, 1.165) is 31.6 Å². The molecule has 1 rings (SSSR count). The summed E-state index contributed by atoms with van der Waals surface area (Å²) in [5.41, 5.74) is 8.46. The Kier molecular flexibility index (Phi) is 6.01. The average molecular weight is 237 g/mol. The van der Waals surface area contributed by atoms with E-state index in [-0.39, 0.29) is 6.04 Å². The molecule has 0 bridgehead atoms. The molecule has 0 saturated heterocycles. The number of benzene rings is 1. The fourth-order valence-corrected chi connectivity index (χ4v) is 1.79. The van der Waals surface area contributed by atoms with Crippen molar-refractivity contribution in [2.45, 2.75) is 32.2 Å². The van der Waals surface area contributed by atoms with Gasteiger partial charge in [-0.15, -0.1) is 0 Å². The van der Waals surface area contributed by atoms with Gasteiger partial charge in [0.2, 0.25) is 0 Å². The second-order valence-electron chi connectivity index (χ2n) is 4.26. The molecule has 0 amide bonds. The lowest BCUT2D eigenvalue weighted by Gasteiger charge is -2.14. The van der Waals surface area contributed by atoms with Gasteiger partial charge in [-0.25, -0.2) is 0 Å². The lowest BCUT2D eigenvalue weighted by Crippen LogP contribution is -2.21. The molecule has 1 atom stereocenters. The van der Waals surface area contributed by atoms with Gasteiger partial charge in [0, 0.05) is 13.2 Å². The van der Waals surface area contributed by atoms with E-state index >= 15 is 0 Å². The van der Waals surface area contributed by atoms with Gasteiger partial charge in [0.05, 0.1) is 13.7 Å². The molecule has 1 aromatic carbocycles. The van der Waals surface area contributed by atoms with Crippen molar-refractivity contribution in [1.29, 1.82) is 0 Å². The van der Waals surface area contributed by atoms with Gasteiger partial charge in [0.25, 0.3) is 0 Å². The Labute approximate surface area is 104 Å². The second kappa shape index (κ2) is 7.30. The molecule has 1 unspecified atom stereocenters. The van der Waals surface area contributed by atoms with E-state index in [1.165, 1.54) is 11.1 Å². The van der Waals surface area contributed by atoms with Crippen LogP contribution in [0.15, 0.2) is 18.2 Å². The summed E-state index contributed by atoms with van der Waals surface area (Å²) < 4.78 is 10.5. The summed E-state index contributed by atoms with van der Waals surface area (Å²) >= 11 is 0. The largest absolute Gasteiger partial charge is 0.496 e. The van der Waals surface area contributed by atoms with Crippen molar-refractivity contribution < 1.29 is 9.47 Å². The molecular formula is C14H23NO2. The fourth-order valence-electron chi connectivity index (χ4n) is 1.79. The van der Waals surface area contributed by atoms with Crippen LogP contribution in [0.1, 0.15) is 24.5 Å².